The van der Waals surface area contributed by atoms with Crippen molar-refractivity contribution in [3.63, 3.8) is 0 Å². The van der Waals surface area contributed by atoms with Gasteiger partial charge >= 0.3 is 0 Å². The Labute approximate surface area is 135 Å². The molecule has 1 aliphatic rings. The van der Waals surface area contributed by atoms with Crippen LogP contribution in [-0.4, -0.2) is 20.8 Å². The van der Waals surface area contributed by atoms with E-state index in [4.69, 9.17) is 33.1 Å². The van der Waals surface area contributed by atoms with Crippen molar-refractivity contribution in [2.45, 2.75) is 32.1 Å². The highest BCUT2D eigenvalue weighted by Crippen LogP contribution is 2.38. The maximum atomic E-state index is 11.5. The molecule has 0 spiro atoms. The fraction of sp³-hybridized carbons (Fsp3) is 0.571. The van der Waals surface area contributed by atoms with E-state index >= 15 is 0 Å². The first kappa shape index (κ1) is 16.9. The molecule has 0 saturated heterocycles. The number of hydrogen-bond donors (Lipinski definition) is 1. The zero-order chi connectivity index (χ0) is 15.5. The molecule has 0 atom stereocenters. The van der Waals surface area contributed by atoms with Gasteiger partial charge in [-0.1, -0.05) is 42.5 Å². The van der Waals surface area contributed by atoms with Crippen LogP contribution >= 0.6 is 23.2 Å². The number of hydrogen-bond acceptors (Lipinski definition) is 3. The smallest absolute Gasteiger partial charge is 0.209 e. The highest BCUT2D eigenvalue weighted by Gasteiger charge is 2.36. The third-order valence-electron chi connectivity index (χ3n) is 3.86. The summed E-state index contributed by atoms with van der Waals surface area (Å²) in [5, 5.41) is 6.12. The van der Waals surface area contributed by atoms with Crippen LogP contribution in [0.1, 0.15) is 32.1 Å². The largest absolute Gasteiger partial charge is 0.493 e. The van der Waals surface area contributed by atoms with E-state index in [-0.39, 0.29) is 5.75 Å². The normalized spacial score (nSPS) is 18.4. The number of ether oxygens (including phenoxy) is 1. The van der Waals surface area contributed by atoms with Crippen molar-refractivity contribution in [2.75, 3.05) is 12.4 Å². The molecule has 2 rings (SSSR count). The Balaban J connectivity index is 2.10. The van der Waals surface area contributed by atoms with Crippen LogP contribution in [0.3, 0.4) is 0 Å². The molecule has 0 aromatic heterocycles. The van der Waals surface area contributed by atoms with E-state index in [1.165, 1.54) is 0 Å². The molecule has 1 aliphatic carbocycles. The third-order valence-corrected chi connectivity index (χ3v) is 5.61. The van der Waals surface area contributed by atoms with Gasteiger partial charge in [0, 0.05) is 11.5 Å². The molecule has 118 valence electrons. The van der Waals surface area contributed by atoms with Gasteiger partial charge in [-0.05, 0) is 25.0 Å². The molecule has 7 heteroatoms. The number of rotatable bonds is 5. The number of benzene rings is 1. The first-order valence-corrected chi connectivity index (χ1v) is 9.35. The third kappa shape index (κ3) is 5.02. The SMILES string of the molecule is NS(=O)(=O)CC1(COc2ccc(Cl)c(Cl)c2)CCCCC1. The van der Waals surface area contributed by atoms with Crippen molar-refractivity contribution in [1.82, 2.24) is 0 Å². The van der Waals surface area contributed by atoms with E-state index in [0.717, 1.165) is 32.1 Å². The molecular weight excluding hydrogens is 333 g/mol. The molecular formula is C14H19Cl2NO3S. The van der Waals surface area contributed by atoms with Gasteiger partial charge in [0.05, 0.1) is 22.4 Å². The molecule has 0 amide bonds. The van der Waals surface area contributed by atoms with Crippen LogP contribution < -0.4 is 9.88 Å². The Hall–Kier alpha value is -0.490. The van der Waals surface area contributed by atoms with Gasteiger partial charge in [-0.25, -0.2) is 13.6 Å². The van der Waals surface area contributed by atoms with Crippen molar-refractivity contribution in [1.29, 1.82) is 0 Å². The molecule has 0 aliphatic heterocycles. The summed E-state index contributed by atoms with van der Waals surface area (Å²) in [6.45, 7) is 0.321. The van der Waals surface area contributed by atoms with E-state index in [1.54, 1.807) is 18.2 Å². The van der Waals surface area contributed by atoms with E-state index in [0.29, 0.717) is 22.4 Å². The van der Waals surface area contributed by atoms with Crippen molar-refractivity contribution in [3.8, 4) is 5.75 Å². The highest BCUT2D eigenvalue weighted by atomic mass is 35.5. The van der Waals surface area contributed by atoms with E-state index in [2.05, 4.69) is 0 Å². The van der Waals surface area contributed by atoms with Gasteiger partial charge in [0.2, 0.25) is 10.0 Å². The Morgan fingerprint density at radius 1 is 1.14 bits per heavy atom. The molecule has 1 fully saturated rings. The predicted octanol–water partition coefficient (Wildman–Crippen LogP) is 3.61. The topological polar surface area (TPSA) is 69.4 Å². The van der Waals surface area contributed by atoms with E-state index < -0.39 is 15.4 Å². The lowest BCUT2D eigenvalue weighted by atomic mass is 9.76. The zero-order valence-electron chi connectivity index (χ0n) is 11.6. The Bertz CT molecular complexity index is 598. The minimum Gasteiger partial charge on any atom is -0.493 e. The maximum absolute atomic E-state index is 11.5. The maximum Gasteiger partial charge on any atom is 0.209 e. The van der Waals surface area contributed by atoms with Crippen LogP contribution in [0.15, 0.2) is 18.2 Å². The number of halogens is 2. The lowest BCUT2D eigenvalue weighted by Gasteiger charge is -2.36. The standard InChI is InChI=1S/C14H19Cl2NO3S/c15-12-5-4-11(8-13(12)16)20-9-14(10-21(17,18)19)6-2-1-3-7-14/h4-5,8H,1-3,6-7,9-10H2,(H2,17,18,19). The molecule has 0 bridgehead atoms. The van der Waals surface area contributed by atoms with Gasteiger partial charge in [-0.15, -0.1) is 0 Å². The lowest BCUT2D eigenvalue weighted by Crippen LogP contribution is -2.40. The summed E-state index contributed by atoms with van der Waals surface area (Å²) in [6.07, 6.45) is 4.75. The van der Waals surface area contributed by atoms with E-state index in [1.807, 2.05) is 0 Å². The number of primary sulfonamides is 1. The summed E-state index contributed by atoms with van der Waals surface area (Å²) < 4.78 is 28.8. The predicted molar refractivity (Wildman–Crippen MR) is 85.4 cm³/mol. The number of nitrogens with two attached hydrogens (primary N) is 1. The second-order valence-corrected chi connectivity index (χ2v) is 8.16. The quantitative estimate of drug-likeness (QED) is 0.880. The van der Waals surface area contributed by atoms with Crippen molar-refractivity contribution < 1.29 is 13.2 Å². The van der Waals surface area contributed by atoms with Crippen LogP contribution in [0.5, 0.6) is 5.75 Å². The molecule has 0 heterocycles. The van der Waals surface area contributed by atoms with E-state index in [9.17, 15) is 8.42 Å². The van der Waals surface area contributed by atoms with Crippen LogP contribution in [0.4, 0.5) is 0 Å². The summed E-state index contributed by atoms with van der Waals surface area (Å²) in [4.78, 5) is 0. The molecule has 1 saturated carbocycles. The fourth-order valence-corrected chi connectivity index (χ4v) is 4.38. The molecule has 1 aromatic rings. The van der Waals surface area contributed by atoms with Gasteiger partial charge in [0.15, 0.2) is 0 Å². The Morgan fingerprint density at radius 2 is 1.81 bits per heavy atom. The van der Waals surface area contributed by atoms with Crippen LogP contribution in [0, 0.1) is 5.41 Å². The second kappa shape index (κ2) is 6.73. The van der Waals surface area contributed by atoms with Gasteiger partial charge < -0.3 is 4.74 Å². The first-order valence-electron chi connectivity index (χ1n) is 6.88. The van der Waals surface area contributed by atoms with Crippen molar-refractivity contribution in [2.24, 2.45) is 10.6 Å². The average Bonchev–Trinajstić information content (AvgIpc) is 2.39. The Morgan fingerprint density at radius 3 is 2.38 bits per heavy atom. The summed E-state index contributed by atoms with van der Waals surface area (Å²) in [6, 6.07) is 5.02. The number of sulfonamides is 1. The lowest BCUT2D eigenvalue weighted by molar-refractivity contribution is 0.118. The van der Waals surface area contributed by atoms with Crippen LogP contribution in [0.25, 0.3) is 0 Å². The zero-order valence-corrected chi connectivity index (χ0v) is 14.0. The summed E-state index contributed by atoms with van der Waals surface area (Å²) in [7, 11) is -3.53. The van der Waals surface area contributed by atoms with Gasteiger partial charge in [-0.2, -0.15) is 0 Å². The van der Waals surface area contributed by atoms with Gasteiger partial charge in [-0.3, -0.25) is 0 Å². The molecule has 21 heavy (non-hydrogen) atoms. The summed E-state index contributed by atoms with van der Waals surface area (Å²) in [5.74, 6) is 0.546. The van der Waals surface area contributed by atoms with Gasteiger partial charge in [0.25, 0.3) is 0 Å². The average molecular weight is 352 g/mol. The monoisotopic (exact) mass is 351 g/mol. The minimum atomic E-state index is -3.53. The molecule has 0 unspecified atom stereocenters. The molecule has 1 aromatic carbocycles. The van der Waals surface area contributed by atoms with Crippen LogP contribution in [0.2, 0.25) is 10.0 Å². The second-order valence-electron chi connectivity index (χ2n) is 5.73. The van der Waals surface area contributed by atoms with Crippen LogP contribution in [-0.2, 0) is 10.0 Å². The molecule has 2 N–H and O–H groups in total. The fourth-order valence-electron chi connectivity index (χ4n) is 2.86. The van der Waals surface area contributed by atoms with Gasteiger partial charge in [0.1, 0.15) is 5.75 Å². The van der Waals surface area contributed by atoms with Crippen molar-refractivity contribution in [3.05, 3.63) is 28.2 Å². The minimum absolute atomic E-state index is 0.0404. The first-order chi connectivity index (χ1) is 9.80. The summed E-state index contributed by atoms with van der Waals surface area (Å²) >= 11 is 11.8. The van der Waals surface area contributed by atoms with Crippen molar-refractivity contribution >= 4 is 33.2 Å². The highest BCUT2D eigenvalue weighted by molar-refractivity contribution is 7.89. The summed E-state index contributed by atoms with van der Waals surface area (Å²) in [5.41, 5.74) is -0.405. The Kier molecular flexibility index (Phi) is 5.41. The molecule has 4 nitrogen and oxygen atoms in total. The molecule has 0 radical (unpaired) electrons.